The maximum atomic E-state index is 10.9. The Balaban J connectivity index is 1.48. The Morgan fingerprint density at radius 2 is 2.03 bits per heavy atom. The van der Waals surface area contributed by atoms with E-state index in [0.29, 0.717) is 5.92 Å². The number of nitrogens with one attached hydrogen (secondary N) is 2. The van der Waals surface area contributed by atoms with Crippen LogP contribution < -0.4 is 10.6 Å². The molecule has 0 amide bonds. The van der Waals surface area contributed by atoms with Crippen LogP contribution in [0.15, 0.2) is 45.8 Å². The highest BCUT2D eigenvalue weighted by Gasteiger charge is 2.28. The number of guanidine groups is 1. The second kappa shape index (κ2) is 10.8. The number of hydrogen-bond donors (Lipinski definition) is 3. The lowest BCUT2D eigenvalue weighted by Crippen LogP contribution is -2.41. The zero-order valence-electron chi connectivity index (χ0n) is 19.4. The Bertz CT molecular complexity index is 844. The zero-order chi connectivity index (χ0) is 22.3. The third-order valence-electron chi connectivity index (χ3n) is 6.00. The van der Waals surface area contributed by atoms with Gasteiger partial charge in [0, 0.05) is 31.7 Å². The lowest BCUT2D eigenvalue weighted by atomic mass is 9.96. The lowest BCUT2D eigenvalue weighted by Gasteiger charge is -2.22. The molecule has 6 heteroatoms. The van der Waals surface area contributed by atoms with Gasteiger partial charge in [-0.05, 0) is 64.6 Å². The van der Waals surface area contributed by atoms with Gasteiger partial charge in [-0.2, -0.15) is 0 Å². The monoisotopic (exact) mass is 426 g/mol. The fraction of sp³-hybridized carbons (Fsp3) is 0.560. The van der Waals surface area contributed by atoms with E-state index in [9.17, 15) is 5.11 Å². The summed E-state index contributed by atoms with van der Waals surface area (Å²) in [5.41, 5.74) is 1.14. The van der Waals surface area contributed by atoms with Gasteiger partial charge in [0.05, 0.1) is 6.54 Å². The number of aryl methyl sites for hydroxylation is 2. The van der Waals surface area contributed by atoms with E-state index in [1.54, 1.807) is 6.92 Å². The molecule has 31 heavy (non-hydrogen) atoms. The van der Waals surface area contributed by atoms with Crippen molar-refractivity contribution < 1.29 is 9.52 Å². The van der Waals surface area contributed by atoms with E-state index in [-0.39, 0.29) is 6.54 Å². The molecule has 6 nitrogen and oxygen atoms in total. The standard InChI is InChI=1S/C25H38N4O2/c1-5-26-24(28-18-25(4,30)23-15-19(2)31-20(23)3)27-16-22-12-14-29(17-22)13-11-21-9-7-6-8-10-21/h6-10,15,22,30H,5,11-14,16-18H2,1-4H3,(H2,26,27,28). The summed E-state index contributed by atoms with van der Waals surface area (Å²) in [7, 11) is 0. The van der Waals surface area contributed by atoms with Crippen molar-refractivity contribution in [3.8, 4) is 0 Å². The van der Waals surface area contributed by atoms with Crippen LogP contribution in [0.1, 0.15) is 42.9 Å². The molecule has 0 saturated carbocycles. The van der Waals surface area contributed by atoms with E-state index in [4.69, 9.17) is 4.42 Å². The molecule has 2 heterocycles. The summed E-state index contributed by atoms with van der Waals surface area (Å²) in [4.78, 5) is 7.21. The Kier molecular flexibility index (Phi) is 8.15. The van der Waals surface area contributed by atoms with Crippen molar-refractivity contribution >= 4 is 5.96 Å². The molecule has 3 N–H and O–H groups in total. The third-order valence-corrected chi connectivity index (χ3v) is 6.00. The molecule has 0 spiro atoms. The van der Waals surface area contributed by atoms with Gasteiger partial charge in [-0.15, -0.1) is 0 Å². The minimum Gasteiger partial charge on any atom is -0.466 e. The van der Waals surface area contributed by atoms with Crippen molar-refractivity contribution in [2.45, 2.75) is 46.1 Å². The summed E-state index contributed by atoms with van der Waals surface area (Å²) in [5.74, 6) is 2.92. The first-order valence-electron chi connectivity index (χ1n) is 11.5. The van der Waals surface area contributed by atoms with Gasteiger partial charge < -0.3 is 25.1 Å². The van der Waals surface area contributed by atoms with Crippen molar-refractivity contribution in [3.63, 3.8) is 0 Å². The topological polar surface area (TPSA) is 73.0 Å². The van der Waals surface area contributed by atoms with Gasteiger partial charge >= 0.3 is 0 Å². The molecule has 1 fully saturated rings. The minimum atomic E-state index is -1.06. The molecule has 2 aromatic rings. The van der Waals surface area contributed by atoms with Crippen LogP contribution in [-0.4, -0.2) is 55.2 Å². The average Bonchev–Trinajstić information content (AvgIpc) is 3.35. The molecule has 2 unspecified atom stereocenters. The third kappa shape index (κ3) is 6.84. The highest BCUT2D eigenvalue weighted by molar-refractivity contribution is 5.79. The number of furan rings is 1. The zero-order valence-corrected chi connectivity index (χ0v) is 19.4. The van der Waals surface area contributed by atoms with Gasteiger partial charge in [0.15, 0.2) is 5.96 Å². The summed E-state index contributed by atoms with van der Waals surface area (Å²) in [6.07, 6.45) is 2.31. The Morgan fingerprint density at radius 1 is 1.26 bits per heavy atom. The first-order chi connectivity index (χ1) is 14.9. The quantitative estimate of drug-likeness (QED) is 0.424. The van der Waals surface area contributed by atoms with Crippen LogP contribution in [0.25, 0.3) is 0 Å². The number of nitrogens with zero attached hydrogens (tertiary/aromatic N) is 2. The first kappa shape index (κ1) is 23.4. The number of hydrogen-bond acceptors (Lipinski definition) is 4. The maximum absolute atomic E-state index is 10.9. The van der Waals surface area contributed by atoms with Gasteiger partial charge in [-0.3, -0.25) is 0 Å². The van der Waals surface area contributed by atoms with Crippen molar-refractivity contribution in [3.05, 3.63) is 59.0 Å². The fourth-order valence-corrected chi connectivity index (χ4v) is 4.28. The van der Waals surface area contributed by atoms with Crippen LogP contribution in [0.2, 0.25) is 0 Å². The van der Waals surface area contributed by atoms with E-state index in [1.165, 1.54) is 12.0 Å². The van der Waals surface area contributed by atoms with E-state index in [1.807, 2.05) is 19.9 Å². The second-order valence-electron chi connectivity index (χ2n) is 8.87. The maximum Gasteiger partial charge on any atom is 0.191 e. The molecule has 1 aliphatic heterocycles. The molecule has 1 saturated heterocycles. The number of aliphatic hydroxyl groups is 1. The molecule has 0 radical (unpaired) electrons. The summed E-state index contributed by atoms with van der Waals surface area (Å²) >= 11 is 0. The Hall–Kier alpha value is -2.31. The van der Waals surface area contributed by atoms with Gasteiger partial charge in [0.2, 0.25) is 0 Å². The molecule has 3 rings (SSSR count). The smallest absolute Gasteiger partial charge is 0.191 e. The number of rotatable bonds is 9. The van der Waals surface area contributed by atoms with E-state index < -0.39 is 5.60 Å². The van der Waals surface area contributed by atoms with E-state index in [0.717, 1.165) is 62.2 Å². The van der Waals surface area contributed by atoms with E-state index in [2.05, 4.69) is 57.8 Å². The van der Waals surface area contributed by atoms with Crippen LogP contribution in [0.5, 0.6) is 0 Å². The molecular weight excluding hydrogens is 388 g/mol. The summed E-state index contributed by atoms with van der Waals surface area (Å²) in [5, 5.41) is 17.7. The predicted octanol–water partition coefficient (Wildman–Crippen LogP) is 3.22. The summed E-state index contributed by atoms with van der Waals surface area (Å²) in [6.45, 7) is 13.0. The Morgan fingerprint density at radius 3 is 2.71 bits per heavy atom. The van der Waals surface area contributed by atoms with Crippen molar-refractivity contribution in [1.82, 2.24) is 15.5 Å². The number of aliphatic imine (C=N–C) groups is 1. The van der Waals surface area contributed by atoms with Crippen molar-refractivity contribution in [2.75, 3.05) is 39.3 Å². The van der Waals surface area contributed by atoms with Gasteiger partial charge in [-0.25, -0.2) is 4.99 Å². The molecule has 1 aromatic carbocycles. The molecule has 2 atom stereocenters. The van der Waals surface area contributed by atoms with Gasteiger partial charge in [0.25, 0.3) is 0 Å². The van der Waals surface area contributed by atoms with Crippen LogP contribution >= 0.6 is 0 Å². The van der Waals surface area contributed by atoms with Crippen LogP contribution in [0, 0.1) is 19.8 Å². The van der Waals surface area contributed by atoms with Gasteiger partial charge in [0.1, 0.15) is 17.1 Å². The van der Waals surface area contributed by atoms with Crippen LogP contribution in [0.3, 0.4) is 0 Å². The van der Waals surface area contributed by atoms with E-state index >= 15 is 0 Å². The highest BCUT2D eigenvalue weighted by atomic mass is 16.3. The highest BCUT2D eigenvalue weighted by Crippen LogP contribution is 2.27. The van der Waals surface area contributed by atoms with Crippen LogP contribution in [0.4, 0.5) is 0 Å². The molecule has 170 valence electrons. The Labute approximate surface area is 186 Å². The largest absolute Gasteiger partial charge is 0.466 e. The van der Waals surface area contributed by atoms with Crippen molar-refractivity contribution in [1.29, 1.82) is 0 Å². The molecular formula is C25H38N4O2. The lowest BCUT2D eigenvalue weighted by molar-refractivity contribution is 0.0657. The summed E-state index contributed by atoms with van der Waals surface area (Å²) in [6, 6.07) is 12.6. The van der Waals surface area contributed by atoms with Crippen molar-refractivity contribution in [2.24, 2.45) is 10.9 Å². The second-order valence-corrected chi connectivity index (χ2v) is 8.87. The molecule has 0 aliphatic carbocycles. The first-order valence-corrected chi connectivity index (χ1v) is 11.5. The van der Waals surface area contributed by atoms with Gasteiger partial charge in [-0.1, -0.05) is 30.3 Å². The fourth-order valence-electron chi connectivity index (χ4n) is 4.28. The molecule has 1 aromatic heterocycles. The average molecular weight is 427 g/mol. The number of benzene rings is 1. The number of likely N-dealkylation sites (tertiary alicyclic amines) is 1. The molecule has 0 bridgehead atoms. The normalized spacial score (nSPS) is 19.4. The minimum absolute atomic E-state index is 0.274. The van der Waals surface area contributed by atoms with Crippen LogP contribution in [-0.2, 0) is 12.0 Å². The predicted molar refractivity (Wildman–Crippen MR) is 126 cm³/mol. The SMILES string of the molecule is CCNC(=NCC(C)(O)c1cc(C)oc1C)NCC1CCN(CCc2ccccc2)C1. The molecule has 1 aliphatic rings. The summed E-state index contributed by atoms with van der Waals surface area (Å²) < 4.78 is 5.58.